The Morgan fingerprint density at radius 1 is 1.31 bits per heavy atom. The van der Waals surface area contributed by atoms with Crippen LogP contribution in [-0.4, -0.2) is 49.8 Å². The van der Waals surface area contributed by atoms with Crippen molar-refractivity contribution in [3.05, 3.63) is 30.3 Å². The van der Waals surface area contributed by atoms with E-state index in [0.29, 0.717) is 12.0 Å². The number of aliphatic imine (C=N–C) groups is 1. The average Bonchev–Trinajstić information content (AvgIpc) is 3.01. The fraction of sp³-hybridized carbons (Fsp3) is 0.579. The largest absolute Gasteiger partial charge is 0.459 e. The molecule has 0 saturated carbocycles. The molecule has 1 atom stereocenters. The van der Waals surface area contributed by atoms with Gasteiger partial charge in [-0.2, -0.15) is 0 Å². The van der Waals surface area contributed by atoms with E-state index in [4.69, 9.17) is 4.74 Å². The molecule has 0 spiro atoms. The minimum atomic E-state index is -0.486. The number of para-hydroxylation sites is 1. The van der Waals surface area contributed by atoms with Crippen LogP contribution in [0.5, 0.6) is 0 Å². The molecule has 146 valence electrons. The van der Waals surface area contributed by atoms with E-state index in [0.717, 1.165) is 26.1 Å². The van der Waals surface area contributed by atoms with Crippen LogP contribution in [0.3, 0.4) is 0 Å². The first-order valence-electron chi connectivity index (χ1n) is 8.94. The highest BCUT2D eigenvalue weighted by atomic mass is 127. The molecule has 1 unspecified atom stereocenters. The molecule has 0 aliphatic carbocycles. The molecule has 1 aliphatic heterocycles. The summed E-state index contributed by atoms with van der Waals surface area (Å²) in [7, 11) is 0. The molecular weight excluding hydrogens is 443 g/mol. The number of carbonyl (C=O) groups is 1. The summed E-state index contributed by atoms with van der Waals surface area (Å²) in [5, 5.41) is 6.62. The van der Waals surface area contributed by atoms with Crippen molar-refractivity contribution in [1.82, 2.24) is 10.6 Å². The molecular formula is C19H31IN4O2. The summed E-state index contributed by atoms with van der Waals surface area (Å²) in [5.74, 6) is 0.343. The number of anilines is 1. The highest BCUT2D eigenvalue weighted by molar-refractivity contribution is 14.0. The van der Waals surface area contributed by atoms with Gasteiger partial charge < -0.3 is 20.3 Å². The van der Waals surface area contributed by atoms with Gasteiger partial charge in [-0.3, -0.25) is 4.79 Å². The Labute approximate surface area is 173 Å². The molecule has 1 heterocycles. The minimum Gasteiger partial charge on any atom is -0.459 e. The zero-order valence-electron chi connectivity index (χ0n) is 16.1. The molecule has 1 saturated heterocycles. The van der Waals surface area contributed by atoms with E-state index in [2.05, 4.69) is 44.8 Å². The number of hydrogen-bond donors (Lipinski definition) is 2. The molecule has 0 aromatic heterocycles. The van der Waals surface area contributed by atoms with Crippen molar-refractivity contribution in [3.63, 3.8) is 0 Å². The molecule has 1 aromatic rings. The third-order valence-corrected chi connectivity index (χ3v) is 3.78. The Kier molecular flexibility index (Phi) is 9.18. The van der Waals surface area contributed by atoms with Crippen molar-refractivity contribution < 1.29 is 9.53 Å². The Hall–Kier alpha value is -1.51. The molecule has 2 rings (SSSR count). The fourth-order valence-corrected chi connectivity index (χ4v) is 2.78. The summed E-state index contributed by atoms with van der Waals surface area (Å²) < 4.78 is 5.30. The van der Waals surface area contributed by atoms with Gasteiger partial charge in [-0.05, 0) is 46.2 Å². The minimum absolute atomic E-state index is 0. The first kappa shape index (κ1) is 22.5. The zero-order valence-corrected chi connectivity index (χ0v) is 18.4. The van der Waals surface area contributed by atoms with Crippen LogP contribution < -0.4 is 15.5 Å². The van der Waals surface area contributed by atoms with E-state index in [-0.39, 0.29) is 36.5 Å². The smallest absolute Gasteiger partial charge is 0.328 e. The lowest BCUT2D eigenvalue weighted by molar-refractivity contribution is -0.152. The van der Waals surface area contributed by atoms with Gasteiger partial charge in [0.05, 0.1) is 0 Å². The normalized spacial score (nSPS) is 17.5. The number of benzene rings is 1. The van der Waals surface area contributed by atoms with Gasteiger partial charge in [-0.1, -0.05) is 18.2 Å². The number of ether oxygens (including phenoxy) is 1. The Balaban J connectivity index is 0.00000338. The van der Waals surface area contributed by atoms with Crippen LogP contribution in [-0.2, 0) is 9.53 Å². The molecule has 0 radical (unpaired) electrons. The van der Waals surface area contributed by atoms with Crippen LogP contribution in [0.25, 0.3) is 0 Å². The lowest BCUT2D eigenvalue weighted by Crippen LogP contribution is -2.45. The Morgan fingerprint density at radius 3 is 2.62 bits per heavy atom. The van der Waals surface area contributed by atoms with Crippen LogP contribution in [0.4, 0.5) is 5.69 Å². The maximum atomic E-state index is 11.8. The maximum Gasteiger partial charge on any atom is 0.328 e. The van der Waals surface area contributed by atoms with Gasteiger partial charge in [0.1, 0.15) is 12.1 Å². The Bertz CT molecular complexity index is 587. The van der Waals surface area contributed by atoms with E-state index in [1.165, 1.54) is 5.69 Å². The standard InChI is InChI=1S/C19H30N4O2.HI/c1-5-20-18(21-13-17(24)25-19(2,3)4)22-15-11-12-23(14-15)16-9-7-6-8-10-16;/h6-10,15H,5,11-14H2,1-4H3,(H2,20,21,22);1H. The van der Waals surface area contributed by atoms with Crippen LogP contribution in [0.1, 0.15) is 34.1 Å². The molecule has 26 heavy (non-hydrogen) atoms. The van der Waals surface area contributed by atoms with E-state index < -0.39 is 5.60 Å². The maximum absolute atomic E-state index is 11.8. The van der Waals surface area contributed by atoms with Crippen LogP contribution in [0.15, 0.2) is 35.3 Å². The number of hydrogen-bond acceptors (Lipinski definition) is 4. The van der Waals surface area contributed by atoms with Gasteiger partial charge in [-0.15, -0.1) is 24.0 Å². The molecule has 0 amide bonds. The lowest BCUT2D eigenvalue weighted by Gasteiger charge is -2.21. The molecule has 7 heteroatoms. The first-order valence-corrected chi connectivity index (χ1v) is 8.94. The van der Waals surface area contributed by atoms with E-state index in [9.17, 15) is 4.79 Å². The van der Waals surface area contributed by atoms with Gasteiger partial charge in [-0.25, -0.2) is 4.99 Å². The molecule has 0 bridgehead atoms. The van der Waals surface area contributed by atoms with Crippen molar-refractivity contribution in [2.45, 2.75) is 45.8 Å². The fourth-order valence-electron chi connectivity index (χ4n) is 2.78. The predicted molar refractivity (Wildman–Crippen MR) is 117 cm³/mol. The van der Waals surface area contributed by atoms with Gasteiger partial charge in [0, 0.05) is 31.4 Å². The number of nitrogens with zero attached hydrogens (tertiary/aromatic N) is 2. The molecule has 6 nitrogen and oxygen atoms in total. The van der Waals surface area contributed by atoms with Gasteiger partial charge in [0.25, 0.3) is 0 Å². The summed E-state index contributed by atoms with van der Waals surface area (Å²) >= 11 is 0. The molecule has 2 N–H and O–H groups in total. The molecule has 1 fully saturated rings. The third kappa shape index (κ3) is 7.80. The second-order valence-electron chi connectivity index (χ2n) is 7.19. The summed E-state index contributed by atoms with van der Waals surface area (Å²) in [6.07, 6.45) is 1.03. The van der Waals surface area contributed by atoms with Crippen LogP contribution in [0, 0.1) is 0 Å². The summed E-state index contributed by atoms with van der Waals surface area (Å²) in [5.41, 5.74) is 0.752. The summed E-state index contributed by atoms with van der Waals surface area (Å²) in [6.45, 7) is 10.3. The molecule has 1 aliphatic rings. The van der Waals surface area contributed by atoms with Crippen molar-refractivity contribution in [2.24, 2.45) is 4.99 Å². The quantitative estimate of drug-likeness (QED) is 0.298. The third-order valence-electron chi connectivity index (χ3n) is 3.78. The number of rotatable bonds is 5. The second kappa shape index (κ2) is 10.6. The van der Waals surface area contributed by atoms with Crippen molar-refractivity contribution in [1.29, 1.82) is 0 Å². The number of carbonyl (C=O) groups excluding carboxylic acids is 1. The number of halogens is 1. The topological polar surface area (TPSA) is 66.0 Å². The molecule has 1 aromatic carbocycles. The monoisotopic (exact) mass is 474 g/mol. The first-order chi connectivity index (χ1) is 11.9. The predicted octanol–water partition coefficient (Wildman–Crippen LogP) is 2.78. The van der Waals surface area contributed by atoms with Crippen molar-refractivity contribution >= 4 is 41.6 Å². The van der Waals surface area contributed by atoms with Crippen molar-refractivity contribution in [3.8, 4) is 0 Å². The number of nitrogens with one attached hydrogen (secondary N) is 2. The highest BCUT2D eigenvalue weighted by Crippen LogP contribution is 2.19. The van der Waals surface area contributed by atoms with Gasteiger partial charge >= 0.3 is 5.97 Å². The van der Waals surface area contributed by atoms with E-state index >= 15 is 0 Å². The highest BCUT2D eigenvalue weighted by Gasteiger charge is 2.23. The van der Waals surface area contributed by atoms with Crippen LogP contribution >= 0.6 is 24.0 Å². The summed E-state index contributed by atoms with van der Waals surface area (Å²) in [4.78, 5) is 18.6. The summed E-state index contributed by atoms with van der Waals surface area (Å²) in [6, 6.07) is 10.7. The Morgan fingerprint density at radius 2 is 2.00 bits per heavy atom. The number of guanidine groups is 1. The average molecular weight is 474 g/mol. The number of esters is 1. The van der Waals surface area contributed by atoms with Gasteiger partial charge in [0.2, 0.25) is 0 Å². The lowest BCUT2D eigenvalue weighted by atomic mass is 10.2. The second-order valence-corrected chi connectivity index (χ2v) is 7.19. The van der Waals surface area contributed by atoms with Crippen LogP contribution in [0.2, 0.25) is 0 Å². The van der Waals surface area contributed by atoms with E-state index in [1.54, 1.807) is 0 Å². The van der Waals surface area contributed by atoms with E-state index in [1.807, 2.05) is 33.8 Å². The SMILES string of the molecule is CCNC(=NCC(=O)OC(C)(C)C)NC1CCN(c2ccccc2)C1.I. The van der Waals surface area contributed by atoms with Gasteiger partial charge in [0.15, 0.2) is 5.96 Å². The van der Waals surface area contributed by atoms with Crippen molar-refractivity contribution in [2.75, 3.05) is 31.1 Å². The zero-order chi connectivity index (χ0) is 18.3.